The molecule has 7 nitrogen and oxygen atoms in total. The maximum atomic E-state index is 12.2. The zero-order valence-corrected chi connectivity index (χ0v) is 20.2. The standard InChI is InChI=1S/C27H37N3O4/c1-23(31)30-15-14-29(20-27(32,21-30)22-34-25-9-3-2-4-10-25)19-24-8-7-11-26(18-24)33-17-16-28-12-5-6-13-28/h2-4,7-11,18,32H,5-6,12-17,19-22H2,1H3. The number of hydrogen-bond donors (Lipinski definition) is 1. The van der Waals surface area contributed by atoms with Crippen LogP contribution in [0.5, 0.6) is 11.5 Å². The normalized spacial score (nSPS) is 21.9. The van der Waals surface area contributed by atoms with E-state index in [9.17, 15) is 9.90 Å². The Balaban J connectivity index is 1.37. The first kappa shape index (κ1) is 24.5. The lowest BCUT2D eigenvalue weighted by Crippen LogP contribution is -2.51. The zero-order chi connectivity index (χ0) is 23.8. The Morgan fingerprint density at radius 2 is 1.68 bits per heavy atom. The van der Waals surface area contributed by atoms with Crippen molar-refractivity contribution in [3.8, 4) is 11.5 Å². The molecule has 2 saturated heterocycles. The Labute approximate surface area is 202 Å². The quantitative estimate of drug-likeness (QED) is 0.612. The maximum Gasteiger partial charge on any atom is 0.219 e. The number of para-hydroxylation sites is 1. The Morgan fingerprint density at radius 3 is 2.44 bits per heavy atom. The molecule has 2 fully saturated rings. The van der Waals surface area contributed by atoms with Crippen LogP contribution in [0.15, 0.2) is 54.6 Å². The summed E-state index contributed by atoms with van der Waals surface area (Å²) in [5.41, 5.74) is -0.0387. The van der Waals surface area contributed by atoms with Crippen LogP contribution in [0.4, 0.5) is 0 Å². The summed E-state index contributed by atoms with van der Waals surface area (Å²) in [7, 11) is 0. The first-order chi connectivity index (χ1) is 16.5. The Kier molecular flexibility index (Phi) is 8.43. The van der Waals surface area contributed by atoms with Crippen LogP contribution < -0.4 is 9.47 Å². The van der Waals surface area contributed by atoms with Gasteiger partial charge in [0.15, 0.2) is 0 Å². The molecule has 2 aromatic rings. The maximum absolute atomic E-state index is 12.2. The van der Waals surface area contributed by atoms with Gasteiger partial charge in [0.05, 0.1) is 6.54 Å². The second-order valence-corrected chi connectivity index (χ2v) is 9.52. The molecule has 184 valence electrons. The SMILES string of the molecule is CC(=O)N1CCN(Cc2cccc(OCCN3CCCC3)c2)CC(O)(COc2ccccc2)C1. The second-order valence-electron chi connectivity index (χ2n) is 9.52. The highest BCUT2D eigenvalue weighted by molar-refractivity contribution is 5.73. The number of benzene rings is 2. The van der Waals surface area contributed by atoms with E-state index in [1.807, 2.05) is 42.5 Å². The van der Waals surface area contributed by atoms with Crippen molar-refractivity contribution in [2.24, 2.45) is 0 Å². The first-order valence-electron chi connectivity index (χ1n) is 12.3. The molecule has 0 spiro atoms. The van der Waals surface area contributed by atoms with Gasteiger partial charge in [0.2, 0.25) is 5.91 Å². The number of amides is 1. The lowest BCUT2D eigenvalue weighted by Gasteiger charge is -2.32. The molecule has 0 aromatic heterocycles. The van der Waals surface area contributed by atoms with E-state index < -0.39 is 5.60 Å². The number of carbonyl (C=O) groups excluding carboxylic acids is 1. The van der Waals surface area contributed by atoms with Gasteiger partial charge < -0.3 is 19.5 Å². The molecule has 0 bridgehead atoms. The van der Waals surface area contributed by atoms with Gasteiger partial charge in [-0.2, -0.15) is 0 Å². The van der Waals surface area contributed by atoms with Crippen molar-refractivity contribution in [2.75, 3.05) is 59.0 Å². The fourth-order valence-electron chi connectivity index (χ4n) is 4.76. The minimum Gasteiger partial charge on any atom is -0.492 e. The molecule has 1 amide bonds. The van der Waals surface area contributed by atoms with E-state index in [1.54, 1.807) is 11.8 Å². The van der Waals surface area contributed by atoms with Gasteiger partial charge in [0.1, 0.15) is 30.3 Å². The molecule has 1 atom stereocenters. The Hall–Kier alpha value is -2.61. The second kappa shape index (κ2) is 11.7. The van der Waals surface area contributed by atoms with Crippen LogP contribution in [0.25, 0.3) is 0 Å². The lowest BCUT2D eigenvalue weighted by molar-refractivity contribution is -0.132. The summed E-state index contributed by atoms with van der Waals surface area (Å²) in [5.74, 6) is 1.55. The van der Waals surface area contributed by atoms with Gasteiger partial charge in [-0.15, -0.1) is 0 Å². The van der Waals surface area contributed by atoms with Gasteiger partial charge in [-0.3, -0.25) is 14.6 Å². The number of hydrogen-bond acceptors (Lipinski definition) is 6. The molecule has 2 heterocycles. The van der Waals surface area contributed by atoms with E-state index in [0.717, 1.165) is 17.9 Å². The molecule has 7 heteroatoms. The highest BCUT2D eigenvalue weighted by Crippen LogP contribution is 2.21. The summed E-state index contributed by atoms with van der Waals surface area (Å²) in [6, 6.07) is 17.7. The third-order valence-corrected chi connectivity index (χ3v) is 6.56. The average Bonchev–Trinajstić information content (AvgIpc) is 3.28. The highest BCUT2D eigenvalue weighted by Gasteiger charge is 2.36. The van der Waals surface area contributed by atoms with Crippen molar-refractivity contribution in [3.63, 3.8) is 0 Å². The van der Waals surface area contributed by atoms with E-state index in [4.69, 9.17) is 9.47 Å². The van der Waals surface area contributed by atoms with E-state index in [0.29, 0.717) is 38.5 Å². The van der Waals surface area contributed by atoms with Gasteiger partial charge in [0, 0.05) is 39.6 Å². The fraction of sp³-hybridized carbons (Fsp3) is 0.519. The number of carbonyl (C=O) groups is 1. The third kappa shape index (κ3) is 7.19. The van der Waals surface area contributed by atoms with E-state index in [1.165, 1.54) is 25.9 Å². The van der Waals surface area contributed by atoms with Gasteiger partial charge in [-0.1, -0.05) is 30.3 Å². The Bertz CT molecular complexity index is 919. The number of nitrogens with zero attached hydrogens (tertiary/aromatic N) is 3. The van der Waals surface area contributed by atoms with Crippen LogP contribution >= 0.6 is 0 Å². The number of rotatable bonds is 9. The molecular weight excluding hydrogens is 430 g/mol. The summed E-state index contributed by atoms with van der Waals surface area (Å²) in [5, 5.41) is 11.5. The topological polar surface area (TPSA) is 65.5 Å². The molecule has 2 aromatic carbocycles. The van der Waals surface area contributed by atoms with Gasteiger partial charge in [-0.25, -0.2) is 0 Å². The predicted molar refractivity (Wildman–Crippen MR) is 132 cm³/mol. The smallest absolute Gasteiger partial charge is 0.219 e. The Morgan fingerprint density at radius 1 is 0.912 bits per heavy atom. The lowest BCUT2D eigenvalue weighted by atomic mass is 10.0. The van der Waals surface area contributed by atoms with Crippen LogP contribution in [-0.2, 0) is 11.3 Å². The van der Waals surface area contributed by atoms with Crippen LogP contribution in [0.3, 0.4) is 0 Å². The zero-order valence-electron chi connectivity index (χ0n) is 20.2. The largest absolute Gasteiger partial charge is 0.492 e. The van der Waals surface area contributed by atoms with Crippen LogP contribution in [0.2, 0.25) is 0 Å². The molecule has 4 rings (SSSR count). The highest BCUT2D eigenvalue weighted by atomic mass is 16.5. The van der Waals surface area contributed by atoms with Crippen LogP contribution in [0.1, 0.15) is 25.3 Å². The third-order valence-electron chi connectivity index (χ3n) is 6.56. The van der Waals surface area contributed by atoms with Crippen molar-refractivity contribution >= 4 is 5.91 Å². The monoisotopic (exact) mass is 467 g/mol. The van der Waals surface area contributed by atoms with E-state index >= 15 is 0 Å². The van der Waals surface area contributed by atoms with Crippen molar-refractivity contribution in [2.45, 2.75) is 31.9 Å². The van der Waals surface area contributed by atoms with Crippen LogP contribution in [-0.4, -0.2) is 90.3 Å². The molecule has 0 radical (unpaired) electrons. The van der Waals surface area contributed by atoms with E-state index in [2.05, 4.69) is 21.9 Å². The van der Waals surface area contributed by atoms with Crippen LogP contribution in [0, 0.1) is 0 Å². The summed E-state index contributed by atoms with van der Waals surface area (Å²) >= 11 is 0. The summed E-state index contributed by atoms with van der Waals surface area (Å²) in [4.78, 5) is 18.5. The van der Waals surface area contributed by atoms with E-state index in [-0.39, 0.29) is 19.1 Å². The summed E-state index contributed by atoms with van der Waals surface area (Å²) in [6.07, 6.45) is 2.57. The number of aliphatic hydroxyl groups is 1. The molecule has 1 N–H and O–H groups in total. The predicted octanol–water partition coefficient (Wildman–Crippen LogP) is 2.64. The summed E-state index contributed by atoms with van der Waals surface area (Å²) < 4.78 is 11.9. The number of β-amino-alcohol motifs (C(OH)–C–C–N with tert-alkyl or cyclic N) is 1. The molecule has 34 heavy (non-hydrogen) atoms. The number of likely N-dealkylation sites (tertiary alicyclic amines) is 1. The van der Waals surface area contributed by atoms with Gasteiger partial charge in [-0.05, 0) is 55.8 Å². The minimum absolute atomic E-state index is 0.0339. The summed E-state index contributed by atoms with van der Waals surface area (Å²) in [6.45, 7) is 8.29. The molecule has 1 unspecified atom stereocenters. The molecule has 0 aliphatic carbocycles. The van der Waals surface area contributed by atoms with Crippen molar-refractivity contribution in [1.82, 2.24) is 14.7 Å². The molecule has 0 saturated carbocycles. The molecule has 2 aliphatic rings. The fourth-order valence-corrected chi connectivity index (χ4v) is 4.76. The molecular formula is C27H37N3O4. The average molecular weight is 468 g/mol. The first-order valence-corrected chi connectivity index (χ1v) is 12.3. The number of ether oxygens (including phenoxy) is 2. The molecule has 2 aliphatic heterocycles. The van der Waals surface area contributed by atoms with Crippen molar-refractivity contribution in [1.29, 1.82) is 0 Å². The minimum atomic E-state index is -1.16. The van der Waals surface area contributed by atoms with Gasteiger partial charge >= 0.3 is 0 Å². The van der Waals surface area contributed by atoms with Gasteiger partial charge in [0.25, 0.3) is 0 Å². The van der Waals surface area contributed by atoms with Crippen molar-refractivity contribution < 1.29 is 19.4 Å². The van der Waals surface area contributed by atoms with Crippen molar-refractivity contribution in [3.05, 3.63) is 60.2 Å².